The molecule has 0 saturated carbocycles. The average molecular weight is 329 g/mol. The van der Waals surface area contributed by atoms with Crippen LogP contribution in [-0.4, -0.2) is 31.1 Å². The number of ketones is 1. The first-order valence-electron chi connectivity index (χ1n) is 7.68. The Morgan fingerprint density at radius 1 is 1.04 bits per heavy atom. The van der Waals surface area contributed by atoms with Crippen molar-refractivity contribution < 1.29 is 13.2 Å². The second kappa shape index (κ2) is 6.26. The molecule has 1 aliphatic heterocycles. The molecule has 4 nitrogen and oxygen atoms in total. The van der Waals surface area contributed by atoms with Crippen LogP contribution in [0.1, 0.15) is 28.8 Å². The van der Waals surface area contributed by atoms with Gasteiger partial charge in [-0.3, -0.25) is 4.79 Å². The highest BCUT2D eigenvalue weighted by atomic mass is 32.2. The van der Waals surface area contributed by atoms with Gasteiger partial charge in [-0.15, -0.1) is 0 Å². The first-order chi connectivity index (χ1) is 11.0. The standard InChI is InChI=1S/C18H19NO3S/c1-14-9-11-16(12-10-14)23(21,22)19-13-5-8-17(19)18(20)15-6-3-2-4-7-15/h2-4,6-7,9-12,17H,5,8,13H2,1H3. The van der Waals surface area contributed by atoms with Crippen LogP contribution in [0.25, 0.3) is 0 Å². The molecule has 1 saturated heterocycles. The Labute approximate surface area is 136 Å². The molecule has 0 amide bonds. The second-order valence-corrected chi connectivity index (χ2v) is 7.71. The van der Waals surface area contributed by atoms with Crippen molar-refractivity contribution in [2.45, 2.75) is 30.7 Å². The molecule has 3 rings (SSSR count). The first kappa shape index (κ1) is 15.9. The molecule has 1 atom stereocenters. The van der Waals surface area contributed by atoms with Gasteiger partial charge in [0.15, 0.2) is 5.78 Å². The van der Waals surface area contributed by atoms with Gasteiger partial charge in [0.1, 0.15) is 0 Å². The van der Waals surface area contributed by atoms with Crippen LogP contribution in [0.15, 0.2) is 59.5 Å². The van der Waals surface area contributed by atoms with Crippen molar-refractivity contribution in [1.82, 2.24) is 4.31 Å². The number of hydrogen-bond donors (Lipinski definition) is 0. The van der Waals surface area contributed by atoms with Gasteiger partial charge in [-0.05, 0) is 31.9 Å². The van der Waals surface area contributed by atoms with E-state index >= 15 is 0 Å². The molecule has 0 bridgehead atoms. The maximum Gasteiger partial charge on any atom is 0.243 e. The maximum atomic E-state index is 12.9. The van der Waals surface area contributed by atoms with Gasteiger partial charge in [0, 0.05) is 12.1 Å². The summed E-state index contributed by atoms with van der Waals surface area (Å²) in [4.78, 5) is 12.9. The minimum atomic E-state index is -3.65. The van der Waals surface area contributed by atoms with Crippen molar-refractivity contribution >= 4 is 15.8 Å². The average Bonchev–Trinajstić information content (AvgIpc) is 3.06. The molecule has 0 aromatic heterocycles. The Bertz CT molecular complexity index is 798. The van der Waals surface area contributed by atoms with E-state index < -0.39 is 16.1 Å². The number of Topliss-reactive ketones (excluding diaryl/α,β-unsaturated/α-hetero) is 1. The number of carbonyl (C=O) groups excluding carboxylic acids is 1. The lowest BCUT2D eigenvalue weighted by molar-refractivity contribution is 0.0918. The van der Waals surface area contributed by atoms with Gasteiger partial charge in [0.25, 0.3) is 0 Å². The van der Waals surface area contributed by atoms with Crippen molar-refractivity contribution in [2.75, 3.05) is 6.54 Å². The fourth-order valence-corrected chi connectivity index (χ4v) is 4.59. The normalized spacial score (nSPS) is 18.9. The summed E-state index contributed by atoms with van der Waals surface area (Å²) in [7, 11) is -3.65. The molecule has 0 aliphatic carbocycles. The van der Waals surface area contributed by atoms with Crippen LogP contribution in [-0.2, 0) is 10.0 Å². The van der Waals surface area contributed by atoms with Crippen LogP contribution in [0.5, 0.6) is 0 Å². The number of sulfonamides is 1. The molecule has 0 spiro atoms. The summed E-state index contributed by atoms with van der Waals surface area (Å²) in [6.07, 6.45) is 1.27. The van der Waals surface area contributed by atoms with Crippen LogP contribution in [0.4, 0.5) is 0 Å². The zero-order valence-electron chi connectivity index (χ0n) is 13.0. The highest BCUT2D eigenvalue weighted by Crippen LogP contribution is 2.28. The summed E-state index contributed by atoms with van der Waals surface area (Å²) in [5.74, 6) is -0.126. The van der Waals surface area contributed by atoms with E-state index in [-0.39, 0.29) is 10.7 Å². The van der Waals surface area contributed by atoms with E-state index in [9.17, 15) is 13.2 Å². The third-order valence-electron chi connectivity index (χ3n) is 4.19. The first-order valence-corrected chi connectivity index (χ1v) is 9.12. The third kappa shape index (κ3) is 3.07. The number of aryl methyl sites for hydroxylation is 1. The van der Waals surface area contributed by atoms with Crippen molar-refractivity contribution in [3.8, 4) is 0 Å². The maximum absolute atomic E-state index is 12.9. The number of rotatable bonds is 4. The SMILES string of the molecule is Cc1ccc(S(=O)(=O)N2CCCC2C(=O)c2ccccc2)cc1. The summed E-state index contributed by atoms with van der Waals surface area (Å²) in [6.45, 7) is 2.30. The molecule has 1 unspecified atom stereocenters. The lowest BCUT2D eigenvalue weighted by Crippen LogP contribution is -2.40. The molecule has 1 heterocycles. The minimum absolute atomic E-state index is 0.126. The van der Waals surface area contributed by atoms with Gasteiger partial charge in [-0.25, -0.2) is 8.42 Å². The molecule has 120 valence electrons. The Hall–Kier alpha value is -1.98. The topological polar surface area (TPSA) is 54.5 Å². The predicted octanol–water partition coefficient (Wildman–Crippen LogP) is 3.03. The van der Waals surface area contributed by atoms with Crippen molar-refractivity contribution in [2.24, 2.45) is 0 Å². The van der Waals surface area contributed by atoms with E-state index in [1.807, 2.05) is 13.0 Å². The number of benzene rings is 2. The largest absolute Gasteiger partial charge is 0.292 e. The van der Waals surface area contributed by atoms with E-state index in [4.69, 9.17) is 0 Å². The van der Waals surface area contributed by atoms with Crippen LogP contribution >= 0.6 is 0 Å². The Morgan fingerprint density at radius 3 is 2.35 bits per heavy atom. The number of carbonyl (C=O) groups is 1. The van der Waals surface area contributed by atoms with E-state index in [0.717, 1.165) is 5.56 Å². The van der Waals surface area contributed by atoms with Crippen molar-refractivity contribution in [3.63, 3.8) is 0 Å². The number of hydrogen-bond acceptors (Lipinski definition) is 3. The fraction of sp³-hybridized carbons (Fsp3) is 0.278. The zero-order chi connectivity index (χ0) is 16.4. The molecular formula is C18H19NO3S. The summed E-state index contributed by atoms with van der Waals surface area (Å²) in [5, 5.41) is 0. The smallest absolute Gasteiger partial charge is 0.243 e. The summed E-state index contributed by atoms with van der Waals surface area (Å²) in [6, 6.07) is 15.0. The van der Waals surface area contributed by atoms with Crippen LogP contribution in [0.3, 0.4) is 0 Å². The Morgan fingerprint density at radius 2 is 1.70 bits per heavy atom. The summed E-state index contributed by atoms with van der Waals surface area (Å²) >= 11 is 0. The lowest BCUT2D eigenvalue weighted by Gasteiger charge is -2.23. The molecule has 23 heavy (non-hydrogen) atoms. The summed E-state index contributed by atoms with van der Waals surface area (Å²) in [5.41, 5.74) is 1.56. The van der Waals surface area contributed by atoms with Gasteiger partial charge in [0.05, 0.1) is 10.9 Å². The zero-order valence-corrected chi connectivity index (χ0v) is 13.8. The molecule has 5 heteroatoms. The molecule has 2 aromatic rings. The molecule has 1 aliphatic rings. The fourth-order valence-electron chi connectivity index (χ4n) is 2.93. The van der Waals surface area contributed by atoms with Crippen LogP contribution < -0.4 is 0 Å². The highest BCUT2D eigenvalue weighted by molar-refractivity contribution is 7.89. The second-order valence-electron chi connectivity index (χ2n) is 5.82. The number of nitrogens with zero attached hydrogens (tertiary/aromatic N) is 1. The lowest BCUT2D eigenvalue weighted by atomic mass is 10.0. The van der Waals surface area contributed by atoms with Crippen molar-refractivity contribution in [3.05, 3.63) is 65.7 Å². The minimum Gasteiger partial charge on any atom is -0.292 e. The monoisotopic (exact) mass is 329 g/mol. The molecule has 1 fully saturated rings. The Balaban J connectivity index is 1.92. The molecular weight excluding hydrogens is 310 g/mol. The quantitative estimate of drug-likeness (QED) is 0.810. The van der Waals surface area contributed by atoms with Gasteiger partial charge in [-0.2, -0.15) is 4.31 Å². The molecule has 0 radical (unpaired) electrons. The van der Waals surface area contributed by atoms with Gasteiger partial charge < -0.3 is 0 Å². The molecule has 0 N–H and O–H groups in total. The molecule has 2 aromatic carbocycles. The van der Waals surface area contributed by atoms with Gasteiger partial charge in [-0.1, -0.05) is 48.0 Å². The van der Waals surface area contributed by atoms with E-state index in [1.165, 1.54) is 4.31 Å². The van der Waals surface area contributed by atoms with E-state index in [1.54, 1.807) is 48.5 Å². The summed E-state index contributed by atoms with van der Waals surface area (Å²) < 4.78 is 27.1. The van der Waals surface area contributed by atoms with Gasteiger partial charge >= 0.3 is 0 Å². The van der Waals surface area contributed by atoms with E-state index in [0.29, 0.717) is 24.9 Å². The predicted molar refractivity (Wildman–Crippen MR) is 88.9 cm³/mol. The van der Waals surface area contributed by atoms with E-state index in [2.05, 4.69) is 0 Å². The van der Waals surface area contributed by atoms with Crippen LogP contribution in [0, 0.1) is 6.92 Å². The van der Waals surface area contributed by atoms with Crippen LogP contribution in [0.2, 0.25) is 0 Å². The van der Waals surface area contributed by atoms with Crippen molar-refractivity contribution in [1.29, 1.82) is 0 Å². The van der Waals surface area contributed by atoms with Gasteiger partial charge in [0.2, 0.25) is 10.0 Å². The third-order valence-corrected chi connectivity index (χ3v) is 6.11. The highest BCUT2D eigenvalue weighted by Gasteiger charge is 2.39. The Kier molecular flexibility index (Phi) is 4.33.